The number of ether oxygens (including phenoxy) is 1. The number of thioether (sulfide) groups is 1. The molecule has 0 amide bonds. The lowest BCUT2D eigenvalue weighted by Gasteiger charge is -2.13. The molecule has 0 spiro atoms. The van der Waals surface area contributed by atoms with Gasteiger partial charge in [0.15, 0.2) is 0 Å². The molecule has 1 aromatic carbocycles. The molecule has 0 saturated carbocycles. The molecule has 2 heterocycles. The Bertz CT molecular complexity index is 786. The Hall–Kier alpha value is -1.99. The summed E-state index contributed by atoms with van der Waals surface area (Å²) in [5.41, 5.74) is 2.96. The zero-order valence-corrected chi connectivity index (χ0v) is 14.4. The van der Waals surface area contributed by atoms with Gasteiger partial charge in [0.25, 0.3) is 0 Å². The van der Waals surface area contributed by atoms with E-state index in [1.165, 1.54) is 0 Å². The lowest BCUT2D eigenvalue weighted by molar-refractivity contribution is -0.143. The zero-order valence-electron chi connectivity index (χ0n) is 13.6. The normalized spacial score (nSPS) is 20.4. The van der Waals surface area contributed by atoms with Crippen LogP contribution in [0, 0.1) is 6.92 Å². The number of hydrogen-bond donors (Lipinski definition) is 2. The summed E-state index contributed by atoms with van der Waals surface area (Å²) in [5, 5.41) is 13.3. The van der Waals surface area contributed by atoms with E-state index < -0.39 is 12.0 Å². The number of fused-ring (bicyclic) bond motifs is 1. The van der Waals surface area contributed by atoms with Crippen LogP contribution in [0.25, 0.3) is 10.9 Å². The first-order chi connectivity index (χ1) is 11.5. The molecule has 2 N–H and O–H groups in total. The van der Waals surface area contributed by atoms with Crippen LogP contribution in [-0.4, -0.2) is 40.0 Å². The van der Waals surface area contributed by atoms with E-state index >= 15 is 0 Å². The summed E-state index contributed by atoms with van der Waals surface area (Å²) in [4.78, 5) is 23.1. The van der Waals surface area contributed by atoms with Gasteiger partial charge in [-0.05, 0) is 19.9 Å². The average molecular weight is 348 g/mol. The predicted octanol–water partition coefficient (Wildman–Crippen LogP) is 2.30. The number of para-hydroxylation sites is 1. The maximum absolute atomic E-state index is 11.9. The lowest BCUT2D eigenvalue weighted by atomic mass is 10.1. The fourth-order valence-electron chi connectivity index (χ4n) is 3.11. The molecule has 24 heavy (non-hydrogen) atoms. The smallest absolute Gasteiger partial charge is 0.325 e. The topological polar surface area (TPSA) is 80.6 Å². The van der Waals surface area contributed by atoms with Gasteiger partial charge in [-0.3, -0.25) is 14.9 Å². The molecule has 0 radical (unpaired) electrons. The molecular formula is C17H20N2O4S. The minimum Gasteiger partial charge on any atom is -0.480 e. The fourth-order valence-corrected chi connectivity index (χ4v) is 4.46. The van der Waals surface area contributed by atoms with Crippen LogP contribution in [0.15, 0.2) is 24.3 Å². The molecule has 1 fully saturated rings. The molecule has 2 aromatic rings. The Morgan fingerprint density at radius 2 is 2.17 bits per heavy atom. The first-order valence-electron chi connectivity index (χ1n) is 7.86. The maximum atomic E-state index is 11.9. The highest BCUT2D eigenvalue weighted by molar-refractivity contribution is 7.99. The minimum atomic E-state index is -0.835. The Labute approximate surface area is 144 Å². The van der Waals surface area contributed by atoms with Gasteiger partial charge in [0.2, 0.25) is 0 Å². The van der Waals surface area contributed by atoms with Gasteiger partial charge in [-0.2, -0.15) is 0 Å². The molecular weight excluding hydrogens is 328 g/mol. The van der Waals surface area contributed by atoms with Gasteiger partial charge in [0.1, 0.15) is 12.6 Å². The van der Waals surface area contributed by atoms with Gasteiger partial charge in [0, 0.05) is 27.9 Å². The third kappa shape index (κ3) is 3.01. The fraction of sp³-hybridized carbons (Fsp3) is 0.412. The Balaban J connectivity index is 2.01. The summed E-state index contributed by atoms with van der Waals surface area (Å²) in [5.74, 6) is -0.585. The number of carboxylic acid groups (broad SMARTS) is 1. The van der Waals surface area contributed by atoms with Gasteiger partial charge in [0.05, 0.1) is 12.0 Å². The first-order valence-corrected chi connectivity index (χ1v) is 8.91. The van der Waals surface area contributed by atoms with Crippen LogP contribution < -0.4 is 5.32 Å². The van der Waals surface area contributed by atoms with Gasteiger partial charge in [-0.1, -0.05) is 18.2 Å². The lowest BCUT2D eigenvalue weighted by Crippen LogP contribution is -2.33. The summed E-state index contributed by atoms with van der Waals surface area (Å²) in [7, 11) is 0. The van der Waals surface area contributed by atoms with Gasteiger partial charge < -0.3 is 14.4 Å². The maximum Gasteiger partial charge on any atom is 0.325 e. The Kier molecular flexibility index (Phi) is 4.82. The van der Waals surface area contributed by atoms with Crippen LogP contribution in [0.1, 0.15) is 23.6 Å². The molecule has 2 atom stereocenters. The van der Waals surface area contributed by atoms with E-state index in [9.17, 15) is 14.7 Å². The van der Waals surface area contributed by atoms with Crippen molar-refractivity contribution in [1.82, 2.24) is 9.88 Å². The van der Waals surface area contributed by atoms with Crippen molar-refractivity contribution in [2.75, 3.05) is 12.4 Å². The molecule has 1 aliphatic rings. The van der Waals surface area contributed by atoms with Crippen molar-refractivity contribution in [3.05, 3.63) is 35.5 Å². The summed E-state index contributed by atoms with van der Waals surface area (Å²) in [6.45, 7) is 4.25. The Morgan fingerprint density at radius 3 is 2.83 bits per heavy atom. The number of aromatic nitrogens is 1. The van der Waals surface area contributed by atoms with E-state index in [1.807, 2.05) is 35.8 Å². The van der Waals surface area contributed by atoms with Crippen LogP contribution in [0.2, 0.25) is 0 Å². The summed E-state index contributed by atoms with van der Waals surface area (Å²) >= 11 is 1.58. The SMILES string of the molecule is CCOC(=O)Cn1c(C)c([C@H]2N[C@@H](C(=O)O)CS2)c2ccccc21. The first kappa shape index (κ1) is 16.9. The molecule has 128 valence electrons. The van der Waals surface area contributed by atoms with Crippen molar-refractivity contribution >= 4 is 34.6 Å². The molecule has 0 bridgehead atoms. The molecule has 6 nitrogen and oxygen atoms in total. The Morgan fingerprint density at radius 1 is 1.42 bits per heavy atom. The molecule has 1 saturated heterocycles. The number of benzene rings is 1. The molecule has 1 aliphatic heterocycles. The highest BCUT2D eigenvalue weighted by Crippen LogP contribution is 2.40. The van der Waals surface area contributed by atoms with Crippen LogP contribution in [0.3, 0.4) is 0 Å². The number of carbonyl (C=O) groups is 2. The van der Waals surface area contributed by atoms with Crippen molar-refractivity contribution in [1.29, 1.82) is 0 Å². The third-order valence-electron chi connectivity index (χ3n) is 4.21. The molecule has 7 heteroatoms. The number of rotatable bonds is 5. The largest absolute Gasteiger partial charge is 0.480 e. The van der Waals surface area contributed by atoms with Crippen molar-refractivity contribution in [3.63, 3.8) is 0 Å². The van der Waals surface area contributed by atoms with E-state index in [2.05, 4.69) is 5.32 Å². The van der Waals surface area contributed by atoms with Crippen molar-refractivity contribution < 1.29 is 19.4 Å². The van der Waals surface area contributed by atoms with Crippen LogP contribution >= 0.6 is 11.8 Å². The third-order valence-corrected chi connectivity index (χ3v) is 5.45. The quantitative estimate of drug-likeness (QED) is 0.807. The highest BCUT2D eigenvalue weighted by Gasteiger charge is 2.33. The number of aliphatic carboxylic acids is 1. The number of carboxylic acids is 1. The van der Waals surface area contributed by atoms with Crippen LogP contribution in [-0.2, 0) is 20.9 Å². The number of nitrogens with one attached hydrogen (secondary N) is 1. The second kappa shape index (κ2) is 6.86. The van der Waals surface area contributed by atoms with Crippen molar-refractivity contribution in [2.45, 2.75) is 31.8 Å². The summed E-state index contributed by atoms with van der Waals surface area (Å²) in [6, 6.07) is 7.32. The van der Waals surface area contributed by atoms with Gasteiger partial charge >= 0.3 is 11.9 Å². The molecule has 3 rings (SSSR count). The second-order valence-corrected chi connectivity index (χ2v) is 6.82. The second-order valence-electron chi connectivity index (χ2n) is 5.68. The van der Waals surface area contributed by atoms with Crippen LogP contribution in [0.5, 0.6) is 0 Å². The van der Waals surface area contributed by atoms with E-state index in [0.717, 1.165) is 22.2 Å². The molecule has 1 aromatic heterocycles. The minimum absolute atomic E-state index is 0.0977. The summed E-state index contributed by atoms with van der Waals surface area (Å²) < 4.78 is 7.02. The van der Waals surface area contributed by atoms with E-state index in [0.29, 0.717) is 12.4 Å². The predicted molar refractivity (Wildman–Crippen MR) is 93.1 cm³/mol. The standard InChI is InChI=1S/C17H20N2O4S/c1-3-23-14(20)8-19-10(2)15(11-6-4-5-7-13(11)19)16-18-12(9-24-16)17(21)22/h4-7,12,16,18H,3,8-9H2,1-2H3,(H,21,22)/t12-,16+/m1/s1. The number of esters is 1. The molecule has 0 unspecified atom stereocenters. The van der Waals surface area contributed by atoms with E-state index in [1.54, 1.807) is 18.7 Å². The zero-order chi connectivity index (χ0) is 17.3. The van der Waals surface area contributed by atoms with Gasteiger partial charge in [-0.25, -0.2) is 0 Å². The van der Waals surface area contributed by atoms with E-state index in [-0.39, 0.29) is 17.9 Å². The van der Waals surface area contributed by atoms with Crippen LogP contribution in [0.4, 0.5) is 0 Å². The monoisotopic (exact) mass is 348 g/mol. The van der Waals surface area contributed by atoms with Crippen molar-refractivity contribution in [2.24, 2.45) is 0 Å². The number of hydrogen-bond acceptors (Lipinski definition) is 5. The number of nitrogens with zero attached hydrogens (tertiary/aromatic N) is 1. The van der Waals surface area contributed by atoms with Gasteiger partial charge in [-0.15, -0.1) is 11.8 Å². The molecule has 0 aliphatic carbocycles. The number of carbonyl (C=O) groups excluding carboxylic acids is 1. The average Bonchev–Trinajstić information content (AvgIpc) is 3.12. The van der Waals surface area contributed by atoms with E-state index in [4.69, 9.17) is 4.74 Å². The highest BCUT2D eigenvalue weighted by atomic mass is 32.2. The summed E-state index contributed by atoms with van der Waals surface area (Å²) in [6.07, 6.45) is 0. The van der Waals surface area contributed by atoms with Crippen molar-refractivity contribution in [3.8, 4) is 0 Å².